The highest BCUT2D eigenvalue weighted by molar-refractivity contribution is 8.93. The first-order chi connectivity index (χ1) is 15.1. The number of aromatic nitrogens is 1. The second-order valence-corrected chi connectivity index (χ2v) is 9.06. The zero-order chi connectivity index (χ0) is 21.4. The lowest BCUT2D eigenvalue weighted by Gasteiger charge is -2.20. The van der Waals surface area contributed by atoms with Gasteiger partial charge in [-0.3, -0.25) is 9.36 Å². The Morgan fingerprint density at radius 1 is 1.00 bits per heavy atom. The van der Waals surface area contributed by atoms with Gasteiger partial charge in [-0.1, -0.05) is 65.7 Å². The molecule has 0 N–H and O–H groups in total. The molecule has 0 bridgehead atoms. The molecule has 3 nitrogen and oxygen atoms in total. The topological polar surface area (TPSA) is 34.4 Å². The summed E-state index contributed by atoms with van der Waals surface area (Å²) in [7, 11) is 0. The van der Waals surface area contributed by atoms with E-state index in [1.54, 1.807) is 11.3 Å². The fourth-order valence-electron chi connectivity index (χ4n) is 4.00. The molecule has 0 saturated carbocycles. The van der Waals surface area contributed by atoms with Gasteiger partial charge in [0.1, 0.15) is 6.04 Å². The summed E-state index contributed by atoms with van der Waals surface area (Å²) in [4.78, 5) is 18.9. The maximum Gasteiger partial charge on any atom is 0.190 e. The van der Waals surface area contributed by atoms with Gasteiger partial charge in [-0.15, -0.1) is 28.3 Å². The molecule has 0 fully saturated rings. The van der Waals surface area contributed by atoms with Crippen LogP contribution >= 0.6 is 39.9 Å². The van der Waals surface area contributed by atoms with E-state index >= 15 is 0 Å². The number of rotatable bonds is 3. The van der Waals surface area contributed by atoms with Crippen LogP contribution in [0.1, 0.15) is 27.9 Å². The summed E-state index contributed by atoms with van der Waals surface area (Å²) >= 11 is 7.67. The monoisotopic (exact) mass is 524 g/mol. The van der Waals surface area contributed by atoms with Crippen LogP contribution in [0.4, 0.5) is 0 Å². The maximum atomic E-state index is 13.1. The van der Waals surface area contributed by atoms with Gasteiger partial charge in [-0.05, 0) is 55.2 Å². The molecule has 0 saturated heterocycles. The number of nitrogens with zero attached hydrogens (tertiary/aromatic N) is 2. The Kier molecular flexibility index (Phi) is 6.79. The molecule has 5 rings (SSSR count). The van der Waals surface area contributed by atoms with E-state index in [2.05, 4.69) is 41.1 Å². The van der Waals surface area contributed by atoms with Gasteiger partial charge in [0.25, 0.3) is 0 Å². The van der Waals surface area contributed by atoms with Crippen LogP contribution in [-0.2, 0) is 6.42 Å². The number of Topliss-reactive ketones (excluding diaryl/α,β-unsaturated/α-hetero) is 1. The Morgan fingerprint density at radius 3 is 2.47 bits per heavy atom. The fraction of sp³-hybridized carbons (Fsp3) is 0.154. The van der Waals surface area contributed by atoms with Crippen LogP contribution in [0.3, 0.4) is 0 Å². The summed E-state index contributed by atoms with van der Waals surface area (Å²) in [6, 6.07) is 23.7. The van der Waals surface area contributed by atoms with Crippen molar-refractivity contribution in [2.75, 3.05) is 0 Å². The number of carbonyl (C=O) groups excluding carboxylic acids is 1. The van der Waals surface area contributed by atoms with Gasteiger partial charge in [0.15, 0.2) is 10.6 Å². The van der Waals surface area contributed by atoms with Crippen LogP contribution in [0.15, 0.2) is 83.2 Å². The van der Waals surface area contributed by atoms with E-state index in [4.69, 9.17) is 16.6 Å². The molecule has 32 heavy (non-hydrogen) atoms. The van der Waals surface area contributed by atoms with E-state index < -0.39 is 0 Å². The van der Waals surface area contributed by atoms with Crippen LogP contribution in [0.2, 0.25) is 5.02 Å². The lowest BCUT2D eigenvalue weighted by molar-refractivity contribution is 0.0948. The summed E-state index contributed by atoms with van der Waals surface area (Å²) in [5.41, 5.74) is 6.25. The molecule has 1 atom stereocenters. The maximum absolute atomic E-state index is 13.1. The minimum absolute atomic E-state index is 0. The van der Waals surface area contributed by atoms with E-state index in [0.29, 0.717) is 5.02 Å². The third-order valence-corrected chi connectivity index (χ3v) is 6.77. The minimum atomic E-state index is -0.358. The zero-order valence-corrected chi connectivity index (χ0v) is 20.8. The number of carbonyl (C=O) groups is 1. The van der Waals surface area contributed by atoms with E-state index in [1.807, 2.05) is 48.5 Å². The van der Waals surface area contributed by atoms with Crippen LogP contribution in [0.25, 0.3) is 16.9 Å². The standard InChI is InChI=1S/C26H21ClN2OS.BrH/c1-17-6-13-21(14-7-17)29-24(19-8-11-20(27)12-9-19)16-31-26(29)28-23-15-10-18-4-2-3-5-22(18)25(23)30;/h2-9,11-14,16,23H,10,15H2,1H3;1H. The SMILES string of the molecule is Br.Cc1ccc(-n2c(-c3ccc(Cl)cc3)csc2=NC2CCc3ccccc3C2=O)cc1. The molecule has 0 spiro atoms. The highest BCUT2D eigenvalue weighted by Crippen LogP contribution is 2.27. The normalized spacial score (nSPS) is 15.9. The Balaban J connectivity index is 0.00000245. The van der Waals surface area contributed by atoms with Crippen molar-refractivity contribution in [1.29, 1.82) is 0 Å². The van der Waals surface area contributed by atoms with Crippen LogP contribution in [0, 0.1) is 6.92 Å². The molecule has 1 unspecified atom stereocenters. The third kappa shape index (κ3) is 4.38. The van der Waals surface area contributed by atoms with Gasteiger partial charge < -0.3 is 0 Å². The third-order valence-electron chi connectivity index (χ3n) is 5.68. The number of thiazole rings is 1. The van der Waals surface area contributed by atoms with Crippen molar-refractivity contribution in [3.05, 3.63) is 105 Å². The van der Waals surface area contributed by atoms with Crippen molar-refractivity contribution in [3.8, 4) is 16.9 Å². The van der Waals surface area contributed by atoms with Crippen molar-refractivity contribution in [2.24, 2.45) is 4.99 Å². The molecular weight excluding hydrogens is 504 g/mol. The first kappa shape index (κ1) is 22.7. The van der Waals surface area contributed by atoms with Gasteiger partial charge in [0.2, 0.25) is 0 Å². The highest BCUT2D eigenvalue weighted by Gasteiger charge is 2.27. The second kappa shape index (κ2) is 9.57. The largest absolute Gasteiger partial charge is 0.292 e. The van der Waals surface area contributed by atoms with Gasteiger partial charge in [0, 0.05) is 21.7 Å². The molecule has 0 radical (unpaired) electrons. The molecule has 1 aromatic heterocycles. The average molecular weight is 526 g/mol. The number of aryl methyl sites for hydroxylation is 2. The average Bonchev–Trinajstić information content (AvgIpc) is 3.20. The summed E-state index contributed by atoms with van der Waals surface area (Å²) in [5, 5.41) is 2.81. The summed E-state index contributed by atoms with van der Waals surface area (Å²) < 4.78 is 2.14. The van der Waals surface area contributed by atoms with Gasteiger partial charge in [0.05, 0.1) is 5.69 Å². The van der Waals surface area contributed by atoms with Crippen molar-refractivity contribution in [2.45, 2.75) is 25.8 Å². The minimum Gasteiger partial charge on any atom is -0.292 e. The number of fused-ring (bicyclic) bond motifs is 1. The number of hydrogen-bond acceptors (Lipinski definition) is 3. The molecule has 0 amide bonds. The number of ketones is 1. The van der Waals surface area contributed by atoms with Crippen LogP contribution in [0.5, 0.6) is 0 Å². The predicted octanol–water partition coefficient (Wildman–Crippen LogP) is 6.84. The van der Waals surface area contributed by atoms with E-state index in [1.165, 1.54) is 5.56 Å². The van der Waals surface area contributed by atoms with Crippen molar-refractivity contribution < 1.29 is 4.79 Å². The first-order valence-electron chi connectivity index (χ1n) is 10.3. The van der Waals surface area contributed by atoms with Gasteiger partial charge >= 0.3 is 0 Å². The molecule has 162 valence electrons. The van der Waals surface area contributed by atoms with E-state index in [9.17, 15) is 4.79 Å². The van der Waals surface area contributed by atoms with Crippen molar-refractivity contribution in [3.63, 3.8) is 0 Å². The number of halogens is 2. The Labute approximate surface area is 206 Å². The summed E-state index contributed by atoms with van der Waals surface area (Å²) in [6.07, 6.45) is 1.61. The molecule has 3 aromatic carbocycles. The number of benzene rings is 3. The Bertz CT molecular complexity index is 1320. The predicted molar refractivity (Wildman–Crippen MR) is 138 cm³/mol. The Morgan fingerprint density at radius 2 is 1.72 bits per heavy atom. The summed E-state index contributed by atoms with van der Waals surface area (Å²) in [5.74, 6) is 0.110. The molecule has 4 aromatic rings. The van der Waals surface area contributed by atoms with Gasteiger partial charge in [-0.25, -0.2) is 4.99 Å². The molecule has 0 aliphatic heterocycles. The van der Waals surface area contributed by atoms with Crippen molar-refractivity contribution in [1.82, 2.24) is 4.57 Å². The lowest BCUT2D eigenvalue weighted by Crippen LogP contribution is -2.29. The van der Waals surface area contributed by atoms with Crippen LogP contribution < -0.4 is 4.80 Å². The zero-order valence-electron chi connectivity index (χ0n) is 17.5. The molecular formula is C26H22BrClN2OS. The highest BCUT2D eigenvalue weighted by atomic mass is 79.9. The van der Waals surface area contributed by atoms with Gasteiger partial charge in [-0.2, -0.15) is 0 Å². The molecule has 1 aliphatic rings. The van der Waals surface area contributed by atoms with Crippen molar-refractivity contribution >= 4 is 45.7 Å². The second-order valence-electron chi connectivity index (χ2n) is 7.79. The fourth-order valence-corrected chi connectivity index (χ4v) is 5.09. The smallest absolute Gasteiger partial charge is 0.190 e. The first-order valence-corrected chi connectivity index (χ1v) is 11.6. The molecule has 1 aliphatic carbocycles. The van der Waals surface area contributed by atoms with Crippen LogP contribution in [-0.4, -0.2) is 16.4 Å². The Hall–Kier alpha value is -2.47. The molecule has 6 heteroatoms. The molecule has 1 heterocycles. The summed E-state index contributed by atoms with van der Waals surface area (Å²) in [6.45, 7) is 2.07. The van der Waals surface area contributed by atoms with E-state index in [0.717, 1.165) is 45.7 Å². The lowest BCUT2D eigenvalue weighted by atomic mass is 9.87. The number of hydrogen-bond donors (Lipinski definition) is 0. The van der Waals surface area contributed by atoms with E-state index in [-0.39, 0.29) is 28.8 Å². The quantitative estimate of drug-likeness (QED) is 0.288.